The molecule has 0 aliphatic rings. The van der Waals surface area contributed by atoms with Gasteiger partial charge in [-0.05, 0) is 36.4 Å². The van der Waals surface area contributed by atoms with Gasteiger partial charge in [0, 0.05) is 30.4 Å². The van der Waals surface area contributed by atoms with E-state index in [1.165, 1.54) is 13.2 Å². The van der Waals surface area contributed by atoms with Crippen LogP contribution in [0.4, 0.5) is 5.69 Å². The quantitative estimate of drug-likeness (QED) is 0.743. The van der Waals surface area contributed by atoms with Crippen LogP contribution in [0.25, 0.3) is 10.9 Å². The number of ether oxygens (including phenoxy) is 2. The van der Waals surface area contributed by atoms with E-state index < -0.39 is 5.97 Å². The molecule has 24 heavy (non-hydrogen) atoms. The van der Waals surface area contributed by atoms with E-state index in [1.807, 2.05) is 31.3 Å². The summed E-state index contributed by atoms with van der Waals surface area (Å²) in [6.07, 6.45) is 1.61. The van der Waals surface area contributed by atoms with E-state index in [4.69, 9.17) is 9.47 Å². The number of aromatic nitrogens is 1. The molecule has 2 N–H and O–H groups in total. The van der Waals surface area contributed by atoms with Crippen LogP contribution < -0.4 is 14.8 Å². The fourth-order valence-electron chi connectivity index (χ4n) is 2.39. The first-order valence-electron chi connectivity index (χ1n) is 7.28. The van der Waals surface area contributed by atoms with Gasteiger partial charge in [-0.15, -0.1) is 0 Å². The Kier molecular flexibility index (Phi) is 4.20. The molecule has 0 bridgehead atoms. The van der Waals surface area contributed by atoms with Gasteiger partial charge in [-0.1, -0.05) is 0 Å². The molecule has 122 valence electrons. The fraction of sp³-hybridized carbons (Fsp3) is 0.111. The lowest BCUT2D eigenvalue weighted by Crippen LogP contribution is -2.01. The molecule has 2 aromatic carbocycles. The standard InChI is InChI=1S/C18H16N2O4/c1-19-11-3-5-12(6-4-11)24-16-7-8-20-15-10-17(23-2)14(18(21)22)9-13(15)16/h3-10,19H,1-2H3,(H,21,22). The molecular formula is C18H16N2O4. The van der Waals surface area contributed by atoms with E-state index in [1.54, 1.807) is 18.3 Å². The van der Waals surface area contributed by atoms with E-state index in [9.17, 15) is 9.90 Å². The normalized spacial score (nSPS) is 10.4. The van der Waals surface area contributed by atoms with Crippen LogP contribution in [0.2, 0.25) is 0 Å². The molecule has 1 aromatic heterocycles. The molecule has 0 saturated heterocycles. The molecule has 0 atom stereocenters. The summed E-state index contributed by atoms with van der Waals surface area (Å²) in [5, 5.41) is 13.0. The second-order valence-corrected chi connectivity index (χ2v) is 5.06. The van der Waals surface area contributed by atoms with Gasteiger partial charge in [0.05, 0.1) is 12.6 Å². The lowest BCUT2D eigenvalue weighted by atomic mass is 10.1. The number of fused-ring (bicyclic) bond motifs is 1. The number of benzene rings is 2. The van der Waals surface area contributed by atoms with Gasteiger partial charge >= 0.3 is 5.97 Å². The monoisotopic (exact) mass is 324 g/mol. The predicted octanol–water partition coefficient (Wildman–Crippen LogP) is 3.78. The van der Waals surface area contributed by atoms with E-state index in [2.05, 4.69) is 10.3 Å². The summed E-state index contributed by atoms with van der Waals surface area (Å²) < 4.78 is 11.0. The van der Waals surface area contributed by atoms with E-state index >= 15 is 0 Å². The Labute approximate surface area is 138 Å². The lowest BCUT2D eigenvalue weighted by molar-refractivity contribution is 0.0693. The zero-order valence-electron chi connectivity index (χ0n) is 13.2. The highest BCUT2D eigenvalue weighted by molar-refractivity contribution is 5.98. The van der Waals surface area contributed by atoms with Gasteiger partial charge in [0.25, 0.3) is 0 Å². The number of anilines is 1. The number of hydrogen-bond donors (Lipinski definition) is 2. The third-order valence-electron chi connectivity index (χ3n) is 3.62. The minimum Gasteiger partial charge on any atom is -0.496 e. The maximum absolute atomic E-state index is 11.4. The Hall–Kier alpha value is -3.28. The zero-order valence-corrected chi connectivity index (χ0v) is 13.2. The largest absolute Gasteiger partial charge is 0.496 e. The highest BCUT2D eigenvalue weighted by Gasteiger charge is 2.15. The topological polar surface area (TPSA) is 80.7 Å². The number of carboxylic acids is 1. The third kappa shape index (κ3) is 2.94. The number of nitrogens with zero attached hydrogens (tertiary/aromatic N) is 1. The highest BCUT2D eigenvalue weighted by atomic mass is 16.5. The van der Waals surface area contributed by atoms with Gasteiger partial charge in [0.1, 0.15) is 22.8 Å². The average molecular weight is 324 g/mol. The fourth-order valence-corrected chi connectivity index (χ4v) is 2.39. The van der Waals surface area contributed by atoms with Crippen LogP contribution in [0.1, 0.15) is 10.4 Å². The summed E-state index contributed by atoms with van der Waals surface area (Å²) in [5.74, 6) is 0.372. The smallest absolute Gasteiger partial charge is 0.339 e. The molecule has 6 nitrogen and oxygen atoms in total. The minimum absolute atomic E-state index is 0.0633. The molecule has 0 aliphatic heterocycles. The van der Waals surface area contributed by atoms with Crippen molar-refractivity contribution in [2.24, 2.45) is 0 Å². The molecule has 0 amide bonds. The Bertz CT molecular complexity index is 891. The first kappa shape index (κ1) is 15.6. The zero-order chi connectivity index (χ0) is 17.1. The summed E-state index contributed by atoms with van der Waals surface area (Å²) in [5.41, 5.74) is 1.63. The number of carboxylic acid groups (broad SMARTS) is 1. The van der Waals surface area contributed by atoms with E-state index in [0.717, 1.165) is 5.69 Å². The van der Waals surface area contributed by atoms with E-state index in [0.29, 0.717) is 22.4 Å². The third-order valence-corrected chi connectivity index (χ3v) is 3.62. The van der Waals surface area contributed by atoms with Crippen molar-refractivity contribution < 1.29 is 19.4 Å². The summed E-state index contributed by atoms with van der Waals surface area (Å²) in [4.78, 5) is 15.7. The molecule has 0 radical (unpaired) electrons. The molecule has 3 aromatic rings. The van der Waals surface area contributed by atoms with Crippen molar-refractivity contribution in [1.82, 2.24) is 4.98 Å². The summed E-state index contributed by atoms with van der Waals surface area (Å²) >= 11 is 0. The molecule has 6 heteroatoms. The number of methoxy groups -OCH3 is 1. The summed E-state index contributed by atoms with van der Waals surface area (Å²) in [6.45, 7) is 0. The molecule has 0 fully saturated rings. The van der Waals surface area contributed by atoms with Crippen molar-refractivity contribution in [3.05, 3.63) is 54.2 Å². The minimum atomic E-state index is -1.07. The van der Waals surface area contributed by atoms with Gasteiger partial charge in [0.2, 0.25) is 0 Å². The SMILES string of the molecule is CNc1ccc(Oc2ccnc3cc(OC)c(C(=O)O)cc23)cc1. The Morgan fingerprint density at radius 2 is 1.88 bits per heavy atom. The number of pyridine rings is 1. The molecular weight excluding hydrogens is 308 g/mol. The van der Waals surface area contributed by atoms with Gasteiger partial charge in [-0.25, -0.2) is 4.79 Å². The van der Waals surface area contributed by atoms with Gasteiger partial charge < -0.3 is 19.9 Å². The van der Waals surface area contributed by atoms with Crippen molar-refractivity contribution in [3.8, 4) is 17.2 Å². The second kappa shape index (κ2) is 6.45. The number of hydrogen-bond acceptors (Lipinski definition) is 5. The van der Waals surface area contributed by atoms with Gasteiger partial charge in [-0.3, -0.25) is 4.98 Å². The maximum Gasteiger partial charge on any atom is 0.339 e. The number of rotatable bonds is 5. The number of nitrogens with one attached hydrogen (secondary N) is 1. The predicted molar refractivity (Wildman–Crippen MR) is 91.3 cm³/mol. The highest BCUT2D eigenvalue weighted by Crippen LogP contribution is 2.33. The molecule has 0 aliphatic carbocycles. The van der Waals surface area contributed by atoms with Crippen molar-refractivity contribution in [1.29, 1.82) is 0 Å². The van der Waals surface area contributed by atoms with Crippen LogP contribution in [0.3, 0.4) is 0 Å². The first-order valence-corrected chi connectivity index (χ1v) is 7.28. The number of aromatic carboxylic acids is 1. The van der Waals surface area contributed by atoms with Crippen LogP contribution >= 0.6 is 0 Å². The van der Waals surface area contributed by atoms with E-state index in [-0.39, 0.29) is 11.3 Å². The van der Waals surface area contributed by atoms with Crippen LogP contribution in [0, 0.1) is 0 Å². The molecule has 3 rings (SSSR count). The Balaban J connectivity index is 2.06. The molecule has 0 unspecified atom stereocenters. The van der Waals surface area contributed by atoms with Crippen molar-refractivity contribution >= 4 is 22.6 Å². The first-order chi connectivity index (χ1) is 11.6. The lowest BCUT2D eigenvalue weighted by Gasteiger charge is -2.11. The Morgan fingerprint density at radius 1 is 1.12 bits per heavy atom. The van der Waals surface area contributed by atoms with Gasteiger partial charge in [0.15, 0.2) is 0 Å². The Morgan fingerprint density at radius 3 is 2.50 bits per heavy atom. The van der Waals surface area contributed by atoms with Gasteiger partial charge in [-0.2, -0.15) is 0 Å². The molecule has 0 saturated carbocycles. The summed E-state index contributed by atoms with van der Waals surface area (Å²) in [6, 6.07) is 12.3. The maximum atomic E-state index is 11.4. The average Bonchev–Trinajstić information content (AvgIpc) is 2.61. The van der Waals surface area contributed by atoms with Crippen LogP contribution in [0.5, 0.6) is 17.2 Å². The number of carbonyl (C=O) groups is 1. The molecule has 1 heterocycles. The van der Waals surface area contributed by atoms with Crippen molar-refractivity contribution in [2.75, 3.05) is 19.5 Å². The van der Waals surface area contributed by atoms with Crippen LogP contribution in [0.15, 0.2) is 48.7 Å². The summed E-state index contributed by atoms with van der Waals surface area (Å²) in [7, 11) is 3.27. The van der Waals surface area contributed by atoms with Crippen molar-refractivity contribution in [2.45, 2.75) is 0 Å². The molecule has 0 spiro atoms. The van der Waals surface area contributed by atoms with Crippen LogP contribution in [-0.2, 0) is 0 Å². The van der Waals surface area contributed by atoms with Crippen LogP contribution in [-0.4, -0.2) is 30.2 Å². The van der Waals surface area contributed by atoms with Crippen molar-refractivity contribution in [3.63, 3.8) is 0 Å². The second-order valence-electron chi connectivity index (χ2n) is 5.06.